The molecule has 2 aromatic carbocycles. The summed E-state index contributed by atoms with van der Waals surface area (Å²) in [7, 11) is 0. The molecule has 0 aromatic heterocycles. The summed E-state index contributed by atoms with van der Waals surface area (Å²) in [6.07, 6.45) is 25.1. The molecule has 0 amide bonds. The van der Waals surface area contributed by atoms with Gasteiger partial charge in [0, 0.05) is 0 Å². The van der Waals surface area contributed by atoms with Crippen LogP contribution in [0.1, 0.15) is 141 Å². The second-order valence-corrected chi connectivity index (χ2v) is 11.3. The molecule has 2 heteroatoms. The lowest BCUT2D eigenvalue weighted by molar-refractivity contribution is 0.611. The monoisotopic (exact) mass is 542 g/mol. The number of allylic oxidation sites excluding steroid dienone is 2. The first-order valence-corrected chi connectivity index (χ1v) is 16.7. The Morgan fingerprint density at radius 3 is 1.62 bits per heavy atom. The Morgan fingerprint density at radius 2 is 1.05 bits per heavy atom. The fourth-order valence-electron chi connectivity index (χ4n) is 5.01. The largest absolute Gasteiger partial charge is 0.252 e. The van der Waals surface area contributed by atoms with Gasteiger partial charge in [0.2, 0.25) is 0 Å². The highest BCUT2D eigenvalue weighted by Gasteiger charge is 2.11. The highest BCUT2D eigenvalue weighted by Crippen LogP contribution is 2.23. The van der Waals surface area contributed by atoms with Crippen molar-refractivity contribution in [2.24, 2.45) is 9.98 Å². The van der Waals surface area contributed by atoms with Crippen LogP contribution in [-0.4, -0.2) is 11.4 Å². The van der Waals surface area contributed by atoms with E-state index >= 15 is 0 Å². The molecule has 2 rings (SSSR count). The Bertz CT molecular complexity index is 1000. The molecule has 0 aliphatic heterocycles. The van der Waals surface area contributed by atoms with Gasteiger partial charge in [-0.25, -0.2) is 0 Å². The first kappa shape index (κ1) is 33.7. The van der Waals surface area contributed by atoms with Gasteiger partial charge in [-0.05, 0) is 105 Å². The SMILES string of the molecule is CCCCCCCC/C=C/CCc1ccc(N=C(CCCC)C(CCCC)=Nc2cc(CC)cc(CC)c2)cc1. The van der Waals surface area contributed by atoms with Gasteiger partial charge in [-0.2, -0.15) is 0 Å². The van der Waals surface area contributed by atoms with Crippen molar-refractivity contribution in [3.05, 3.63) is 71.3 Å². The molecule has 40 heavy (non-hydrogen) atoms. The van der Waals surface area contributed by atoms with Crippen molar-refractivity contribution in [3.8, 4) is 0 Å². The standard InChI is InChI=1S/C38H58N2/c1-6-11-14-15-16-17-18-19-20-21-22-34-25-27-35(28-26-34)39-37(23-12-7-2)38(24-13-8-3)40-36-30-32(9-4)29-33(10-5)31-36/h19-20,25-31H,6-18,21-24H2,1-5H3/b20-19+,39-37?,40-38?. The summed E-state index contributed by atoms with van der Waals surface area (Å²) in [5, 5.41) is 0. The Hall–Kier alpha value is -2.48. The van der Waals surface area contributed by atoms with Crippen molar-refractivity contribution in [2.45, 2.75) is 144 Å². The number of aryl methyl sites for hydroxylation is 3. The normalized spacial score (nSPS) is 12.5. The Morgan fingerprint density at radius 1 is 0.525 bits per heavy atom. The van der Waals surface area contributed by atoms with Gasteiger partial charge in [0.15, 0.2) is 0 Å². The van der Waals surface area contributed by atoms with E-state index in [4.69, 9.17) is 9.98 Å². The summed E-state index contributed by atoms with van der Waals surface area (Å²) in [6, 6.07) is 15.8. The molecule has 0 heterocycles. The smallest absolute Gasteiger partial charge is 0.0639 e. The van der Waals surface area contributed by atoms with E-state index in [-0.39, 0.29) is 0 Å². The van der Waals surface area contributed by atoms with E-state index in [1.807, 2.05) is 0 Å². The molecule has 0 aliphatic carbocycles. The minimum atomic E-state index is 0.984. The lowest BCUT2D eigenvalue weighted by Gasteiger charge is -2.12. The summed E-state index contributed by atoms with van der Waals surface area (Å²) in [5.74, 6) is 0. The number of hydrogen-bond acceptors (Lipinski definition) is 2. The third-order valence-electron chi connectivity index (χ3n) is 7.68. The number of hydrogen-bond donors (Lipinski definition) is 0. The molecule has 0 atom stereocenters. The van der Waals surface area contributed by atoms with Gasteiger partial charge in [0.05, 0.1) is 22.8 Å². The number of nitrogens with zero attached hydrogens (tertiary/aromatic N) is 2. The van der Waals surface area contributed by atoms with Crippen molar-refractivity contribution in [3.63, 3.8) is 0 Å². The van der Waals surface area contributed by atoms with Gasteiger partial charge in [-0.3, -0.25) is 9.98 Å². The molecule has 0 aliphatic rings. The highest BCUT2D eigenvalue weighted by molar-refractivity contribution is 6.43. The van der Waals surface area contributed by atoms with Crippen molar-refractivity contribution in [1.29, 1.82) is 0 Å². The fraction of sp³-hybridized carbons (Fsp3) is 0.579. The zero-order chi connectivity index (χ0) is 28.8. The topological polar surface area (TPSA) is 24.7 Å². The lowest BCUT2D eigenvalue weighted by atomic mass is 10.0. The van der Waals surface area contributed by atoms with E-state index in [9.17, 15) is 0 Å². The van der Waals surface area contributed by atoms with Gasteiger partial charge in [-0.15, -0.1) is 0 Å². The minimum absolute atomic E-state index is 0.984. The molecule has 0 spiro atoms. The van der Waals surface area contributed by atoms with Crippen LogP contribution in [0.2, 0.25) is 0 Å². The van der Waals surface area contributed by atoms with Crippen LogP contribution in [0.15, 0.2) is 64.6 Å². The minimum Gasteiger partial charge on any atom is -0.252 e. The average molecular weight is 543 g/mol. The van der Waals surface area contributed by atoms with Crippen molar-refractivity contribution >= 4 is 22.8 Å². The predicted octanol–water partition coefficient (Wildman–Crippen LogP) is 12.3. The van der Waals surface area contributed by atoms with E-state index in [0.717, 1.165) is 75.6 Å². The molecular formula is C38H58N2. The summed E-state index contributed by atoms with van der Waals surface area (Å²) in [5.41, 5.74) is 8.61. The van der Waals surface area contributed by atoms with E-state index in [0.29, 0.717) is 0 Å². The van der Waals surface area contributed by atoms with Gasteiger partial charge in [0.25, 0.3) is 0 Å². The Labute approximate surface area is 247 Å². The predicted molar refractivity (Wildman–Crippen MR) is 180 cm³/mol. The maximum atomic E-state index is 5.25. The molecule has 0 fully saturated rings. The van der Waals surface area contributed by atoms with Crippen LogP contribution in [0.3, 0.4) is 0 Å². The van der Waals surface area contributed by atoms with Crippen LogP contribution in [0.25, 0.3) is 0 Å². The highest BCUT2D eigenvalue weighted by atomic mass is 14.8. The fourth-order valence-corrected chi connectivity index (χ4v) is 5.01. The molecule has 0 saturated carbocycles. The van der Waals surface area contributed by atoms with Gasteiger partial charge in [-0.1, -0.05) is 110 Å². The molecule has 0 saturated heterocycles. The van der Waals surface area contributed by atoms with Crippen molar-refractivity contribution in [1.82, 2.24) is 0 Å². The molecule has 0 N–H and O–H groups in total. The van der Waals surface area contributed by atoms with E-state index < -0.39 is 0 Å². The number of aliphatic imine (C=N–C) groups is 2. The lowest BCUT2D eigenvalue weighted by Crippen LogP contribution is -2.14. The van der Waals surface area contributed by atoms with Crippen LogP contribution >= 0.6 is 0 Å². The molecule has 0 bridgehead atoms. The second kappa shape index (κ2) is 21.3. The molecule has 220 valence electrons. The van der Waals surface area contributed by atoms with E-state index in [2.05, 4.69) is 89.2 Å². The Balaban J connectivity index is 2.10. The zero-order valence-electron chi connectivity index (χ0n) is 26.6. The summed E-state index contributed by atoms with van der Waals surface area (Å²) in [6.45, 7) is 11.3. The van der Waals surface area contributed by atoms with Gasteiger partial charge < -0.3 is 0 Å². The van der Waals surface area contributed by atoms with Crippen LogP contribution in [0, 0.1) is 0 Å². The van der Waals surface area contributed by atoms with Crippen LogP contribution in [0.4, 0.5) is 11.4 Å². The van der Waals surface area contributed by atoms with Crippen LogP contribution in [0.5, 0.6) is 0 Å². The van der Waals surface area contributed by atoms with Gasteiger partial charge >= 0.3 is 0 Å². The number of rotatable bonds is 21. The molecule has 0 radical (unpaired) electrons. The van der Waals surface area contributed by atoms with Crippen LogP contribution in [-0.2, 0) is 19.3 Å². The quantitative estimate of drug-likeness (QED) is 0.0851. The number of benzene rings is 2. The first-order chi connectivity index (χ1) is 19.6. The molecule has 2 aromatic rings. The van der Waals surface area contributed by atoms with Crippen molar-refractivity contribution < 1.29 is 0 Å². The van der Waals surface area contributed by atoms with Crippen molar-refractivity contribution in [2.75, 3.05) is 0 Å². The third-order valence-corrected chi connectivity index (χ3v) is 7.68. The summed E-state index contributed by atoms with van der Waals surface area (Å²) in [4.78, 5) is 10.4. The molecule has 0 unspecified atom stereocenters. The summed E-state index contributed by atoms with van der Waals surface area (Å²) >= 11 is 0. The Kier molecular flexibility index (Phi) is 18.0. The second-order valence-electron chi connectivity index (χ2n) is 11.3. The molecular weight excluding hydrogens is 484 g/mol. The van der Waals surface area contributed by atoms with E-state index in [1.54, 1.807) is 0 Å². The maximum Gasteiger partial charge on any atom is 0.0639 e. The third kappa shape index (κ3) is 13.7. The summed E-state index contributed by atoms with van der Waals surface area (Å²) < 4.78 is 0. The van der Waals surface area contributed by atoms with E-state index in [1.165, 1.54) is 73.1 Å². The average Bonchev–Trinajstić information content (AvgIpc) is 2.98. The zero-order valence-corrected chi connectivity index (χ0v) is 26.6. The van der Waals surface area contributed by atoms with Gasteiger partial charge in [0.1, 0.15) is 0 Å². The first-order valence-electron chi connectivity index (χ1n) is 16.7. The van der Waals surface area contributed by atoms with Crippen LogP contribution < -0.4 is 0 Å². The molecule has 2 nitrogen and oxygen atoms in total. The number of unbranched alkanes of at least 4 members (excludes halogenated alkanes) is 8. The maximum absolute atomic E-state index is 5.25.